The van der Waals surface area contributed by atoms with Crippen molar-refractivity contribution in [3.8, 4) is 0 Å². The van der Waals surface area contributed by atoms with Crippen molar-refractivity contribution >= 4 is 24.3 Å². The van der Waals surface area contributed by atoms with E-state index in [1.165, 1.54) is 11.1 Å². The SMILES string of the molecule is CCOC(=O)CCn1nc(CNC(=O)OC(C)(C)C)n(C2CCc3ccccc3C2)c1=S. The Hall–Kier alpha value is -2.68. The van der Waals surface area contributed by atoms with Gasteiger partial charge in [-0.25, -0.2) is 9.48 Å². The van der Waals surface area contributed by atoms with Gasteiger partial charge in [-0.2, -0.15) is 5.10 Å². The number of carbonyl (C=O) groups excluding carboxylic acids is 2. The molecule has 1 aromatic carbocycles. The predicted octanol–water partition coefficient (Wildman–Crippen LogP) is 4.12. The molecule has 1 amide bonds. The van der Waals surface area contributed by atoms with Crippen LogP contribution in [0.15, 0.2) is 24.3 Å². The first-order valence-corrected chi connectivity index (χ1v) is 11.5. The number of rotatable bonds is 7. The lowest BCUT2D eigenvalue weighted by Crippen LogP contribution is -2.33. The lowest BCUT2D eigenvalue weighted by molar-refractivity contribution is -0.143. The van der Waals surface area contributed by atoms with Gasteiger partial charge in [-0.3, -0.25) is 9.36 Å². The van der Waals surface area contributed by atoms with Crippen LogP contribution >= 0.6 is 12.2 Å². The summed E-state index contributed by atoms with van der Waals surface area (Å²) in [6.45, 7) is 8.08. The van der Waals surface area contributed by atoms with E-state index < -0.39 is 11.7 Å². The fourth-order valence-corrected chi connectivity index (χ4v) is 4.28. The number of nitrogens with one attached hydrogen (secondary N) is 1. The summed E-state index contributed by atoms with van der Waals surface area (Å²) < 4.78 is 14.6. The number of alkyl carbamates (subject to hydrolysis) is 1. The Morgan fingerprint density at radius 3 is 2.66 bits per heavy atom. The predicted molar refractivity (Wildman–Crippen MR) is 123 cm³/mol. The molecule has 0 bridgehead atoms. The molecule has 1 N–H and O–H groups in total. The number of aryl methyl sites for hydroxylation is 2. The largest absolute Gasteiger partial charge is 0.466 e. The summed E-state index contributed by atoms with van der Waals surface area (Å²) in [6, 6.07) is 8.56. The third kappa shape index (κ3) is 6.18. The van der Waals surface area contributed by atoms with E-state index in [4.69, 9.17) is 21.7 Å². The van der Waals surface area contributed by atoms with Gasteiger partial charge in [0.1, 0.15) is 5.60 Å². The van der Waals surface area contributed by atoms with Crippen LogP contribution in [0.2, 0.25) is 0 Å². The monoisotopic (exact) mass is 460 g/mol. The molecule has 2 aromatic rings. The minimum atomic E-state index is -0.588. The fourth-order valence-electron chi connectivity index (χ4n) is 3.89. The summed E-state index contributed by atoms with van der Waals surface area (Å²) in [7, 11) is 0. The molecule has 0 fully saturated rings. The molecule has 1 unspecified atom stereocenters. The Balaban J connectivity index is 1.83. The highest BCUT2D eigenvalue weighted by molar-refractivity contribution is 7.71. The van der Waals surface area contributed by atoms with Crippen LogP contribution in [-0.4, -0.2) is 38.6 Å². The van der Waals surface area contributed by atoms with Gasteiger partial charge in [-0.05, 0) is 70.3 Å². The number of nitrogens with zero attached hydrogens (tertiary/aromatic N) is 3. The van der Waals surface area contributed by atoms with Crippen molar-refractivity contribution in [1.29, 1.82) is 0 Å². The Kier molecular flexibility index (Phi) is 7.71. The Labute approximate surface area is 193 Å². The number of hydrogen-bond acceptors (Lipinski definition) is 6. The van der Waals surface area contributed by atoms with Gasteiger partial charge in [0, 0.05) is 6.04 Å². The molecular weight excluding hydrogens is 428 g/mol. The van der Waals surface area contributed by atoms with Crippen LogP contribution < -0.4 is 5.32 Å². The summed E-state index contributed by atoms with van der Waals surface area (Å²) in [6.07, 6.45) is 2.40. The number of carbonyl (C=O) groups is 2. The second kappa shape index (κ2) is 10.3. The molecule has 1 atom stereocenters. The van der Waals surface area contributed by atoms with Crippen molar-refractivity contribution in [3.05, 3.63) is 46.0 Å². The zero-order valence-corrected chi connectivity index (χ0v) is 20.0. The molecule has 0 saturated carbocycles. The van der Waals surface area contributed by atoms with Crippen molar-refractivity contribution < 1.29 is 19.1 Å². The number of amides is 1. The van der Waals surface area contributed by atoms with Crippen molar-refractivity contribution in [2.24, 2.45) is 0 Å². The molecule has 174 valence electrons. The number of fused-ring (bicyclic) bond motifs is 1. The first-order chi connectivity index (χ1) is 15.2. The van der Waals surface area contributed by atoms with Gasteiger partial charge in [-0.15, -0.1) is 0 Å². The maximum Gasteiger partial charge on any atom is 0.408 e. The number of ether oxygens (including phenoxy) is 2. The number of benzene rings is 1. The lowest BCUT2D eigenvalue weighted by atomic mass is 9.88. The number of aromatic nitrogens is 3. The topological polar surface area (TPSA) is 87.4 Å². The van der Waals surface area contributed by atoms with Crippen LogP contribution in [0, 0.1) is 4.77 Å². The fraction of sp³-hybridized carbons (Fsp3) is 0.565. The second-order valence-corrected chi connectivity index (χ2v) is 9.23. The van der Waals surface area contributed by atoms with Gasteiger partial charge in [-0.1, -0.05) is 24.3 Å². The molecule has 1 aromatic heterocycles. The van der Waals surface area contributed by atoms with Gasteiger partial charge in [0.2, 0.25) is 0 Å². The molecular formula is C23H32N4O4S. The zero-order valence-electron chi connectivity index (χ0n) is 19.2. The van der Waals surface area contributed by atoms with Gasteiger partial charge >= 0.3 is 12.1 Å². The molecule has 0 spiro atoms. The maximum absolute atomic E-state index is 12.2. The lowest BCUT2D eigenvalue weighted by Gasteiger charge is -2.26. The van der Waals surface area contributed by atoms with E-state index in [0.717, 1.165) is 19.3 Å². The average molecular weight is 461 g/mol. The molecule has 1 aliphatic carbocycles. The van der Waals surface area contributed by atoms with E-state index in [9.17, 15) is 9.59 Å². The molecule has 8 nitrogen and oxygen atoms in total. The number of hydrogen-bond donors (Lipinski definition) is 1. The van der Waals surface area contributed by atoms with Crippen LogP contribution in [0.3, 0.4) is 0 Å². The number of esters is 1. The standard InChI is InChI=1S/C23H32N4O4S/c1-5-30-20(28)12-13-26-22(32)27(18-11-10-16-8-6-7-9-17(16)14-18)19(25-26)15-24-21(29)31-23(2,3)4/h6-9,18H,5,10-15H2,1-4H3,(H,24,29). The Bertz CT molecular complexity index is 1020. The van der Waals surface area contributed by atoms with Crippen molar-refractivity contribution in [1.82, 2.24) is 19.7 Å². The van der Waals surface area contributed by atoms with E-state index in [1.807, 2.05) is 31.4 Å². The smallest absolute Gasteiger partial charge is 0.408 e. The van der Waals surface area contributed by atoms with Crippen LogP contribution in [0.1, 0.15) is 63.5 Å². The zero-order chi connectivity index (χ0) is 23.3. The third-order valence-electron chi connectivity index (χ3n) is 5.25. The van der Waals surface area contributed by atoms with Crippen molar-refractivity contribution in [2.75, 3.05) is 6.61 Å². The Morgan fingerprint density at radius 1 is 1.25 bits per heavy atom. The van der Waals surface area contributed by atoms with E-state index in [2.05, 4.69) is 28.6 Å². The molecule has 3 rings (SSSR count). The van der Waals surface area contributed by atoms with E-state index in [0.29, 0.717) is 23.7 Å². The summed E-state index contributed by atoms with van der Waals surface area (Å²) in [5, 5.41) is 7.42. The van der Waals surface area contributed by atoms with Gasteiger partial charge in [0.05, 0.1) is 26.1 Å². The quantitative estimate of drug-likeness (QED) is 0.494. The molecule has 0 aliphatic heterocycles. The van der Waals surface area contributed by atoms with E-state index >= 15 is 0 Å². The Morgan fingerprint density at radius 2 is 1.97 bits per heavy atom. The van der Waals surface area contributed by atoms with Crippen molar-refractivity contribution in [3.63, 3.8) is 0 Å². The van der Waals surface area contributed by atoms with Crippen LogP contribution in [0.5, 0.6) is 0 Å². The molecule has 9 heteroatoms. The summed E-state index contributed by atoms with van der Waals surface area (Å²) in [4.78, 5) is 24.0. The third-order valence-corrected chi connectivity index (χ3v) is 5.66. The van der Waals surface area contributed by atoms with Gasteiger partial charge < -0.3 is 14.8 Å². The summed E-state index contributed by atoms with van der Waals surface area (Å²) >= 11 is 5.74. The molecule has 32 heavy (non-hydrogen) atoms. The van der Waals surface area contributed by atoms with Gasteiger partial charge in [0.15, 0.2) is 10.6 Å². The first kappa shape index (κ1) is 24.0. The molecule has 0 radical (unpaired) electrons. The minimum Gasteiger partial charge on any atom is -0.466 e. The highest BCUT2D eigenvalue weighted by Crippen LogP contribution is 2.30. The van der Waals surface area contributed by atoms with Crippen LogP contribution in [-0.2, 0) is 40.2 Å². The summed E-state index contributed by atoms with van der Waals surface area (Å²) in [5.74, 6) is 0.359. The van der Waals surface area contributed by atoms with E-state index in [1.54, 1.807) is 11.6 Å². The average Bonchev–Trinajstić information content (AvgIpc) is 3.04. The molecule has 1 heterocycles. The van der Waals surface area contributed by atoms with Crippen LogP contribution in [0.25, 0.3) is 0 Å². The highest BCUT2D eigenvalue weighted by atomic mass is 32.1. The molecule has 1 aliphatic rings. The van der Waals surface area contributed by atoms with Crippen LogP contribution in [0.4, 0.5) is 4.79 Å². The summed E-state index contributed by atoms with van der Waals surface area (Å²) in [5.41, 5.74) is 2.07. The molecule has 0 saturated heterocycles. The minimum absolute atomic E-state index is 0.129. The second-order valence-electron chi connectivity index (χ2n) is 8.87. The maximum atomic E-state index is 12.2. The van der Waals surface area contributed by atoms with Gasteiger partial charge in [0.25, 0.3) is 0 Å². The highest BCUT2D eigenvalue weighted by Gasteiger charge is 2.25. The van der Waals surface area contributed by atoms with Crippen molar-refractivity contribution in [2.45, 2.75) is 78.1 Å². The normalized spacial score (nSPS) is 15.7. The first-order valence-electron chi connectivity index (χ1n) is 11.1. The van der Waals surface area contributed by atoms with E-state index in [-0.39, 0.29) is 25.0 Å².